The minimum atomic E-state index is -0.736. The summed E-state index contributed by atoms with van der Waals surface area (Å²) in [5.74, 6) is 0. The lowest BCUT2D eigenvalue weighted by molar-refractivity contribution is 0.175. The number of carbonyl (C=O) groups is 1. The zero-order valence-corrected chi connectivity index (χ0v) is 13.9. The number of rotatable bonds is 5. The summed E-state index contributed by atoms with van der Waals surface area (Å²) >= 11 is 3.10. The Balaban J connectivity index is 1.53. The molecule has 0 spiro atoms. The lowest BCUT2D eigenvalue weighted by Gasteiger charge is -2.13. The Kier molecular flexibility index (Phi) is 5.07. The Hall–Kier alpha value is -2.15. The first-order valence-corrected chi connectivity index (χ1v) is 8.93. The van der Waals surface area contributed by atoms with Gasteiger partial charge in [0, 0.05) is 6.54 Å². The van der Waals surface area contributed by atoms with Crippen LogP contribution in [0.1, 0.15) is 11.7 Å². The van der Waals surface area contributed by atoms with Gasteiger partial charge in [-0.1, -0.05) is 24.3 Å². The third kappa shape index (κ3) is 4.19. The Morgan fingerprint density at radius 3 is 2.57 bits per heavy atom. The van der Waals surface area contributed by atoms with Crippen molar-refractivity contribution in [1.82, 2.24) is 5.32 Å². The van der Waals surface area contributed by atoms with Crippen LogP contribution in [-0.2, 0) is 0 Å². The summed E-state index contributed by atoms with van der Waals surface area (Å²) in [6, 6.07) is 13.2. The third-order valence-corrected chi connectivity index (χ3v) is 4.83. The SMILES string of the molecule is O=C(NC[C@H](O)c1ccc(-c2ccsc2)cc1)Nc1cccs1. The maximum absolute atomic E-state index is 11.7. The molecule has 6 heteroatoms. The van der Waals surface area contributed by atoms with Crippen molar-refractivity contribution in [3.8, 4) is 11.1 Å². The summed E-state index contributed by atoms with van der Waals surface area (Å²) in [7, 11) is 0. The van der Waals surface area contributed by atoms with Gasteiger partial charge in [-0.05, 0) is 51.0 Å². The molecule has 2 heterocycles. The molecule has 0 radical (unpaired) electrons. The zero-order valence-electron chi connectivity index (χ0n) is 12.2. The number of anilines is 1. The maximum Gasteiger partial charge on any atom is 0.319 e. The molecule has 118 valence electrons. The van der Waals surface area contributed by atoms with E-state index in [2.05, 4.69) is 22.1 Å². The number of benzene rings is 1. The third-order valence-electron chi connectivity index (χ3n) is 3.36. The number of carbonyl (C=O) groups excluding carboxylic acids is 1. The maximum atomic E-state index is 11.7. The molecule has 4 nitrogen and oxygen atoms in total. The van der Waals surface area contributed by atoms with Gasteiger partial charge in [0.25, 0.3) is 0 Å². The first kappa shape index (κ1) is 15.7. The van der Waals surface area contributed by atoms with Crippen molar-refractivity contribution in [2.75, 3.05) is 11.9 Å². The van der Waals surface area contributed by atoms with E-state index in [1.165, 1.54) is 16.9 Å². The molecule has 0 unspecified atom stereocenters. The molecular weight excluding hydrogens is 328 g/mol. The number of aliphatic hydroxyl groups is 1. The van der Waals surface area contributed by atoms with Gasteiger partial charge in [-0.2, -0.15) is 11.3 Å². The van der Waals surface area contributed by atoms with Gasteiger partial charge in [-0.15, -0.1) is 11.3 Å². The van der Waals surface area contributed by atoms with E-state index in [0.29, 0.717) is 0 Å². The fraction of sp³-hybridized carbons (Fsp3) is 0.118. The van der Waals surface area contributed by atoms with Crippen LogP contribution in [0, 0.1) is 0 Å². The Morgan fingerprint density at radius 1 is 1.09 bits per heavy atom. The zero-order chi connectivity index (χ0) is 16.1. The molecule has 0 aliphatic heterocycles. The van der Waals surface area contributed by atoms with Crippen LogP contribution in [0.5, 0.6) is 0 Å². The van der Waals surface area contributed by atoms with Gasteiger partial charge in [0.1, 0.15) is 0 Å². The summed E-state index contributed by atoms with van der Waals surface area (Å²) in [6.45, 7) is 0.162. The highest BCUT2D eigenvalue weighted by molar-refractivity contribution is 7.14. The fourth-order valence-electron chi connectivity index (χ4n) is 2.14. The summed E-state index contributed by atoms with van der Waals surface area (Å²) in [6.07, 6.45) is -0.736. The summed E-state index contributed by atoms with van der Waals surface area (Å²) in [5.41, 5.74) is 3.07. The number of aliphatic hydroxyl groups excluding tert-OH is 1. The fourth-order valence-corrected chi connectivity index (χ4v) is 3.42. The van der Waals surface area contributed by atoms with E-state index in [0.717, 1.165) is 16.1 Å². The van der Waals surface area contributed by atoms with Crippen LogP contribution in [0.3, 0.4) is 0 Å². The van der Waals surface area contributed by atoms with Gasteiger partial charge >= 0.3 is 6.03 Å². The van der Waals surface area contributed by atoms with Crippen molar-refractivity contribution in [2.45, 2.75) is 6.10 Å². The van der Waals surface area contributed by atoms with Crippen LogP contribution in [0.2, 0.25) is 0 Å². The minimum absolute atomic E-state index is 0.162. The van der Waals surface area contributed by atoms with E-state index in [1.54, 1.807) is 11.3 Å². The molecule has 3 aromatic rings. The molecule has 0 aliphatic carbocycles. The highest BCUT2D eigenvalue weighted by atomic mass is 32.1. The average molecular weight is 344 g/mol. The molecule has 3 rings (SSSR count). The van der Waals surface area contributed by atoms with Crippen molar-refractivity contribution in [2.24, 2.45) is 0 Å². The average Bonchev–Trinajstić information content (AvgIpc) is 3.26. The normalized spacial score (nSPS) is 11.9. The number of nitrogens with one attached hydrogen (secondary N) is 2. The Morgan fingerprint density at radius 2 is 1.91 bits per heavy atom. The molecule has 3 N–H and O–H groups in total. The lowest BCUT2D eigenvalue weighted by Crippen LogP contribution is -2.32. The molecule has 0 bridgehead atoms. The van der Waals surface area contributed by atoms with E-state index in [1.807, 2.05) is 47.2 Å². The van der Waals surface area contributed by atoms with Gasteiger partial charge in [0.05, 0.1) is 11.1 Å². The van der Waals surface area contributed by atoms with Crippen molar-refractivity contribution in [3.63, 3.8) is 0 Å². The number of thiophene rings is 2. The van der Waals surface area contributed by atoms with Crippen LogP contribution in [0.25, 0.3) is 11.1 Å². The first-order chi connectivity index (χ1) is 11.2. The summed E-state index contributed by atoms with van der Waals surface area (Å²) in [4.78, 5) is 11.7. The molecule has 1 atom stereocenters. The quantitative estimate of drug-likeness (QED) is 0.645. The minimum Gasteiger partial charge on any atom is -0.387 e. The second kappa shape index (κ2) is 7.41. The molecule has 23 heavy (non-hydrogen) atoms. The van der Waals surface area contributed by atoms with E-state index < -0.39 is 6.10 Å². The molecule has 0 aliphatic rings. The van der Waals surface area contributed by atoms with E-state index in [9.17, 15) is 9.90 Å². The van der Waals surface area contributed by atoms with Gasteiger partial charge in [-0.25, -0.2) is 4.79 Å². The first-order valence-electron chi connectivity index (χ1n) is 7.11. The highest BCUT2D eigenvalue weighted by Gasteiger charge is 2.10. The van der Waals surface area contributed by atoms with Gasteiger partial charge in [0.2, 0.25) is 0 Å². The smallest absolute Gasteiger partial charge is 0.319 e. The van der Waals surface area contributed by atoms with Crippen LogP contribution in [0.4, 0.5) is 9.80 Å². The van der Waals surface area contributed by atoms with Gasteiger partial charge < -0.3 is 10.4 Å². The van der Waals surface area contributed by atoms with Gasteiger partial charge in [-0.3, -0.25) is 5.32 Å². The van der Waals surface area contributed by atoms with E-state index >= 15 is 0 Å². The van der Waals surface area contributed by atoms with Crippen molar-refractivity contribution in [3.05, 3.63) is 64.2 Å². The number of amides is 2. The Bertz CT molecular complexity index is 738. The van der Waals surface area contributed by atoms with Crippen molar-refractivity contribution >= 4 is 33.7 Å². The van der Waals surface area contributed by atoms with Crippen molar-refractivity contribution in [1.29, 1.82) is 0 Å². The summed E-state index contributed by atoms with van der Waals surface area (Å²) < 4.78 is 0. The largest absolute Gasteiger partial charge is 0.387 e. The lowest BCUT2D eigenvalue weighted by atomic mass is 10.0. The van der Waals surface area contributed by atoms with Crippen LogP contribution in [0.15, 0.2) is 58.6 Å². The molecule has 0 saturated carbocycles. The monoisotopic (exact) mass is 344 g/mol. The molecule has 2 amide bonds. The van der Waals surface area contributed by atoms with Crippen LogP contribution in [-0.4, -0.2) is 17.7 Å². The molecule has 0 fully saturated rings. The molecular formula is C17H16N2O2S2. The number of hydrogen-bond acceptors (Lipinski definition) is 4. The van der Waals surface area contributed by atoms with Crippen molar-refractivity contribution < 1.29 is 9.90 Å². The number of urea groups is 1. The topological polar surface area (TPSA) is 61.4 Å². The summed E-state index contributed by atoms with van der Waals surface area (Å²) in [5, 5.41) is 22.3. The van der Waals surface area contributed by atoms with E-state index in [4.69, 9.17) is 0 Å². The second-order valence-corrected chi connectivity index (χ2v) is 6.69. The molecule has 2 aromatic heterocycles. The molecule has 0 saturated heterocycles. The standard InChI is InChI=1S/C17H16N2O2S2/c20-15(10-18-17(21)19-16-2-1-8-23-16)13-5-3-12(4-6-13)14-7-9-22-11-14/h1-9,11,15,20H,10H2,(H2,18,19,21)/t15-/m0/s1. The molecule has 1 aromatic carbocycles. The van der Waals surface area contributed by atoms with Crippen LogP contribution >= 0.6 is 22.7 Å². The van der Waals surface area contributed by atoms with Gasteiger partial charge in [0.15, 0.2) is 0 Å². The predicted octanol–water partition coefficient (Wildman–Crippen LogP) is 4.33. The predicted molar refractivity (Wildman–Crippen MR) is 96.1 cm³/mol. The second-order valence-electron chi connectivity index (χ2n) is 4.96. The highest BCUT2D eigenvalue weighted by Crippen LogP contribution is 2.24. The van der Waals surface area contributed by atoms with Crippen LogP contribution < -0.4 is 10.6 Å². The number of hydrogen-bond donors (Lipinski definition) is 3. The van der Waals surface area contributed by atoms with E-state index in [-0.39, 0.29) is 12.6 Å². The Labute approximate surface area is 142 Å².